The van der Waals surface area contributed by atoms with E-state index in [1.54, 1.807) is 27.7 Å². The Bertz CT molecular complexity index is 448. The van der Waals surface area contributed by atoms with Gasteiger partial charge in [-0.1, -0.05) is 0 Å². The van der Waals surface area contributed by atoms with Crippen LogP contribution < -0.4 is 10.2 Å². The minimum absolute atomic E-state index is 0.149. The van der Waals surface area contributed by atoms with Crippen molar-refractivity contribution >= 4 is 12.6 Å². The molecule has 2 N–H and O–H groups in total. The molecule has 0 saturated heterocycles. The predicted octanol–water partition coefficient (Wildman–Crippen LogP) is 0.483. The van der Waals surface area contributed by atoms with E-state index < -0.39 is 24.1 Å². The van der Waals surface area contributed by atoms with Crippen LogP contribution in [0.2, 0.25) is 0 Å². The molecule has 106 valence electrons. The number of aromatic nitrogens is 1. The fourth-order valence-electron chi connectivity index (χ4n) is 1.22. The van der Waals surface area contributed by atoms with Gasteiger partial charge in [0.05, 0.1) is 18.3 Å². The molecule has 7 heteroatoms. The van der Waals surface area contributed by atoms with Crippen LogP contribution >= 0.6 is 0 Å². The van der Waals surface area contributed by atoms with Gasteiger partial charge in [0.15, 0.2) is 5.82 Å². The van der Waals surface area contributed by atoms with Gasteiger partial charge >= 0.3 is 7.12 Å². The van der Waals surface area contributed by atoms with Crippen LogP contribution in [0.4, 0.5) is 4.39 Å². The number of rotatable bonds is 5. The van der Waals surface area contributed by atoms with Crippen LogP contribution in [0.3, 0.4) is 0 Å². The molecule has 0 aliphatic rings. The van der Waals surface area contributed by atoms with E-state index in [0.717, 1.165) is 6.07 Å². The maximum atomic E-state index is 13.5. The molecular formula is C12H19BFNO4. The Labute approximate surface area is 112 Å². The molecule has 5 nitrogen and oxygen atoms in total. The Morgan fingerprint density at radius 3 is 2.32 bits per heavy atom. The monoisotopic (exact) mass is 271 g/mol. The lowest BCUT2D eigenvalue weighted by atomic mass is 9.77. The third kappa shape index (κ3) is 3.65. The number of halogens is 1. The summed E-state index contributed by atoms with van der Waals surface area (Å²) in [7, 11) is -0.0931. The predicted molar refractivity (Wildman–Crippen MR) is 69.8 cm³/mol. The average Bonchev–Trinajstić information content (AvgIpc) is 2.26. The van der Waals surface area contributed by atoms with Gasteiger partial charge in [-0.15, -0.1) is 0 Å². The van der Waals surface area contributed by atoms with Crippen molar-refractivity contribution in [2.75, 3.05) is 7.11 Å². The van der Waals surface area contributed by atoms with Gasteiger partial charge < -0.3 is 19.5 Å². The molecule has 1 heterocycles. The summed E-state index contributed by atoms with van der Waals surface area (Å²) in [5.74, 6) is -0.846. The zero-order valence-corrected chi connectivity index (χ0v) is 11.8. The van der Waals surface area contributed by atoms with Crippen molar-refractivity contribution in [1.29, 1.82) is 0 Å². The summed E-state index contributed by atoms with van der Waals surface area (Å²) in [5.41, 5.74) is -2.05. The molecule has 0 aliphatic carbocycles. The zero-order chi connectivity index (χ0) is 14.8. The van der Waals surface area contributed by atoms with Crippen LogP contribution in [-0.4, -0.2) is 40.5 Å². The van der Waals surface area contributed by atoms with Crippen molar-refractivity contribution in [3.63, 3.8) is 0 Å². The lowest BCUT2D eigenvalue weighted by Gasteiger charge is -2.38. The first-order valence-corrected chi connectivity index (χ1v) is 5.86. The van der Waals surface area contributed by atoms with Crippen LogP contribution in [0.25, 0.3) is 0 Å². The molecule has 0 bridgehead atoms. The third-order valence-electron chi connectivity index (χ3n) is 3.19. The Kier molecular flexibility index (Phi) is 4.55. The Morgan fingerprint density at radius 2 is 1.89 bits per heavy atom. The summed E-state index contributed by atoms with van der Waals surface area (Å²) in [6, 6.07) is 1.08. The number of methoxy groups -OCH3 is 1. The van der Waals surface area contributed by atoms with Gasteiger partial charge in [-0.3, -0.25) is 0 Å². The molecule has 0 aliphatic heterocycles. The van der Waals surface area contributed by atoms with Crippen LogP contribution in [0.1, 0.15) is 27.7 Å². The number of ether oxygens (including phenoxy) is 1. The van der Waals surface area contributed by atoms with E-state index in [1.807, 2.05) is 0 Å². The summed E-state index contributed by atoms with van der Waals surface area (Å²) >= 11 is 0. The van der Waals surface area contributed by atoms with E-state index in [9.17, 15) is 14.5 Å². The molecule has 19 heavy (non-hydrogen) atoms. The van der Waals surface area contributed by atoms with Crippen LogP contribution in [0.15, 0.2) is 12.3 Å². The van der Waals surface area contributed by atoms with E-state index in [0.29, 0.717) is 0 Å². The number of hydrogen-bond donors (Lipinski definition) is 2. The maximum absolute atomic E-state index is 13.5. The first kappa shape index (κ1) is 15.9. The van der Waals surface area contributed by atoms with E-state index >= 15 is 0 Å². The average molecular weight is 271 g/mol. The van der Waals surface area contributed by atoms with E-state index in [2.05, 4.69) is 9.72 Å². The molecule has 0 aromatic carbocycles. The zero-order valence-electron chi connectivity index (χ0n) is 11.8. The van der Waals surface area contributed by atoms with Crippen molar-refractivity contribution in [3.05, 3.63) is 18.1 Å². The minimum atomic E-state index is -1.39. The summed E-state index contributed by atoms with van der Waals surface area (Å²) in [6.07, 6.45) is 1.26. The van der Waals surface area contributed by atoms with Crippen molar-refractivity contribution in [2.45, 2.75) is 38.9 Å². The van der Waals surface area contributed by atoms with Crippen LogP contribution in [0, 0.1) is 5.82 Å². The van der Waals surface area contributed by atoms with Crippen molar-refractivity contribution in [1.82, 2.24) is 4.98 Å². The normalized spacial score (nSPS) is 12.4. The highest BCUT2D eigenvalue weighted by Gasteiger charge is 2.39. The molecule has 0 radical (unpaired) electrons. The lowest BCUT2D eigenvalue weighted by Crippen LogP contribution is -2.53. The quantitative estimate of drug-likeness (QED) is 0.762. The second-order valence-electron chi connectivity index (χ2n) is 5.30. The van der Waals surface area contributed by atoms with Crippen molar-refractivity contribution < 1.29 is 23.9 Å². The largest absolute Gasteiger partial charge is 0.493 e. The first-order chi connectivity index (χ1) is 8.58. The fourth-order valence-corrected chi connectivity index (χ4v) is 1.22. The van der Waals surface area contributed by atoms with Crippen molar-refractivity contribution in [2.24, 2.45) is 0 Å². The molecule has 0 atom stereocenters. The highest BCUT2D eigenvalue weighted by atomic mass is 19.1. The maximum Gasteiger partial charge on any atom is 0.493 e. The second kappa shape index (κ2) is 5.44. The van der Waals surface area contributed by atoms with Crippen LogP contribution in [0.5, 0.6) is 5.88 Å². The van der Waals surface area contributed by atoms with Gasteiger partial charge in [-0.05, 0) is 33.8 Å². The lowest BCUT2D eigenvalue weighted by molar-refractivity contribution is -0.0982. The standard InChI is InChI=1S/C12H19BFNO4/c1-11(2,16)12(3,4)19-13(17)8-6-9(14)10(18-5)15-7-8/h6-7,16-17H,1-5H3. The molecule has 1 aromatic rings. The number of hydrogen-bond acceptors (Lipinski definition) is 5. The Balaban J connectivity index is 2.90. The number of pyridine rings is 1. The molecule has 0 amide bonds. The first-order valence-electron chi connectivity index (χ1n) is 5.86. The fraction of sp³-hybridized carbons (Fsp3) is 0.583. The third-order valence-corrected chi connectivity index (χ3v) is 3.19. The van der Waals surface area contributed by atoms with Gasteiger partial charge in [-0.25, -0.2) is 9.37 Å². The molecule has 1 aromatic heterocycles. The van der Waals surface area contributed by atoms with Crippen LogP contribution in [-0.2, 0) is 4.65 Å². The second-order valence-corrected chi connectivity index (χ2v) is 5.30. The Hall–Kier alpha value is -1.18. The van der Waals surface area contributed by atoms with Gasteiger partial charge in [0.2, 0.25) is 5.88 Å². The molecule has 0 fully saturated rings. The van der Waals surface area contributed by atoms with E-state index in [1.165, 1.54) is 13.3 Å². The van der Waals surface area contributed by atoms with Gasteiger partial charge in [0, 0.05) is 11.7 Å². The van der Waals surface area contributed by atoms with Crippen molar-refractivity contribution in [3.8, 4) is 5.88 Å². The summed E-state index contributed by atoms with van der Waals surface area (Å²) < 4.78 is 23.5. The van der Waals surface area contributed by atoms with Gasteiger partial charge in [0.25, 0.3) is 0 Å². The highest BCUT2D eigenvalue weighted by molar-refractivity contribution is 6.60. The molecule has 0 unspecified atom stereocenters. The minimum Gasteiger partial charge on any atom is -0.479 e. The van der Waals surface area contributed by atoms with E-state index in [-0.39, 0.29) is 11.3 Å². The topological polar surface area (TPSA) is 71.8 Å². The summed E-state index contributed by atoms with van der Waals surface area (Å²) in [4.78, 5) is 3.71. The smallest absolute Gasteiger partial charge is 0.479 e. The summed E-state index contributed by atoms with van der Waals surface area (Å²) in [5, 5.41) is 19.9. The summed E-state index contributed by atoms with van der Waals surface area (Å²) in [6.45, 7) is 6.38. The molecule has 1 rings (SSSR count). The van der Waals surface area contributed by atoms with E-state index in [4.69, 9.17) is 4.65 Å². The number of aliphatic hydroxyl groups is 1. The SMILES string of the molecule is COc1ncc(B(O)OC(C)(C)C(C)(C)O)cc1F. The molecule has 0 saturated carbocycles. The number of nitrogens with zero attached hydrogens (tertiary/aromatic N) is 1. The highest BCUT2D eigenvalue weighted by Crippen LogP contribution is 2.25. The van der Waals surface area contributed by atoms with Gasteiger partial charge in [0.1, 0.15) is 0 Å². The molecule has 0 spiro atoms. The Morgan fingerprint density at radius 1 is 1.32 bits per heavy atom. The molecular weight excluding hydrogens is 252 g/mol. The van der Waals surface area contributed by atoms with Gasteiger partial charge in [-0.2, -0.15) is 0 Å².